The van der Waals surface area contributed by atoms with Gasteiger partial charge in [-0.15, -0.1) is 0 Å². The van der Waals surface area contributed by atoms with Gasteiger partial charge in [-0.2, -0.15) is 5.26 Å². The molecular formula is C17H19N3. The lowest BCUT2D eigenvalue weighted by molar-refractivity contribution is 0.279. The maximum absolute atomic E-state index is 8.93. The Morgan fingerprint density at radius 1 is 1.15 bits per heavy atom. The van der Waals surface area contributed by atoms with Crippen LogP contribution in [0.15, 0.2) is 43.0 Å². The van der Waals surface area contributed by atoms with Crippen LogP contribution in [-0.4, -0.2) is 9.55 Å². The van der Waals surface area contributed by atoms with Crippen LogP contribution in [0.2, 0.25) is 0 Å². The maximum atomic E-state index is 8.93. The first-order chi connectivity index (χ1) is 9.88. The van der Waals surface area contributed by atoms with Gasteiger partial charge in [0.15, 0.2) is 0 Å². The molecule has 1 saturated carbocycles. The lowest BCUT2D eigenvalue weighted by Gasteiger charge is -2.31. The van der Waals surface area contributed by atoms with Crippen molar-refractivity contribution in [1.29, 1.82) is 5.26 Å². The van der Waals surface area contributed by atoms with E-state index in [1.54, 1.807) is 0 Å². The van der Waals surface area contributed by atoms with E-state index in [9.17, 15) is 0 Å². The number of imidazole rings is 1. The van der Waals surface area contributed by atoms with E-state index in [2.05, 4.69) is 33.9 Å². The minimum absolute atomic E-state index is 0.352. The molecule has 1 atom stereocenters. The number of aromatic nitrogens is 2. The Bertz CT molecular complexity index is 572. The van der Waals surface area contributed by atoms with E-state index in [4.69, 9.17) is 5.26 Å². The highest BCUT2D eigenvalue weighted by Gasteiger charge is 2.26. The number of benzene rings is 1. The van der Waals surface area contributed by atoms with Crippen LogP contribution >= 0.6 is 0 Å². The van der Waals surface area contributed by atoms with Crippen molar-refractivity contribution >= 4 is 0 Å². The van der Waals surface area contributed by atoms with Crippen molar-refractivity contribution < 1.29 is 0 Å². The van der Waals surface area contributed by atoms with Gasteiger partial charge in [0, 0.05) is 12.4 Å². The molecule has 0 amide bonds. The third-order valence-electron chi connectivity index (χ3n) is 4.32. The topological polar surface area (TPSA) is 41.6 Å². The Morgan fingerprint density at radius 2 is 1.90 bits per heavy atom. The average molecular weight is 265 g/mol. The lowest BCUT2D eigenvalue weighted by Crippen LogP contribution is -2.22. The quantitative estimate of drug-likeness (QED) is 0.844. The Morgan fingerprint density at radius 3 is 2.50 bits per heavy atom. The fourth-order valence-corrected chi connectivity index (χ4v) is 3.33. The predicted octanol–water partition coefficient (Wildman–Crippen LogP) is 3.92. The van der Waals surface area contributed by atoms with Crippen molar-refractivity contribution in [3.63, 3.8) is 0 Å². The Balaban J connectivity index is 1.94. The molecule has 2 aromatic rings. The van der Waals surface area contributed by atoms with Gasteiger partial charge in [-0.3, -0.25) is 0 Å². The summed E-state index contributed by atoms with van der Waals surface area (Å²) in [6, 6.07) is 10.6. The van der Waals surface area contributed by atoms with Crippen molar-refractivity contribution in [1.82, 2.24) is 9.55 Å². The normalized spacial score (nSPS) is 17.6. The molecule has 1 aromatic carbocycles. The van der Waals surface area contributed by atoms with Gasteiger partial charge in [0.05, 0.1) is 24.0 Å². The molecule has 0 aliphatic heterocycles. The third kappa shape index (κ3) is 2.60. The Labute approximate surface area is 119 Å². The third-order valence-corrected chi connectivity index (χ3v) is 4.32. The van der Waals surface area contributed by atoms with Gasteiger partial charge in [-0.05, 0) is 36.5 Å². The zero-order chi connectivity index (χ0) is 13.8. The summed E-state index contributed by atoms with van der Waals surface area (Å²) in [5.41, 5.74) is 2.01. The van der Waals surface area contributed by atoms with Gasteiger partial charge in [-0.1, -0.05) is 31.4 Å². The van der Waals surface area contributed by atoms with Crippen molar-refractivity contribution in [3.8, 4) is 6.07 Å². The summed E-state index contributed by atoms with van der Waals surface area (Å²) in [5, 5.41) is 8.93. The van der Waals surface area contributed by atoms with E-state index in [1.807, 2.05) is 24.7 Å². The van der Waals surface area contributed by atoms with Gasteiger partial charge >= 0.3 is 0 Å². The van der Waals surface area contributed by atoms with Gasteiger partial charge < -0.3 is 4.57 Å². The second kappa shape index (κ2) is 5.92. The fourth-order valence-electron chi connectivity index (χ4n) is 3.33. The second-order valence-electron chi connectivity index (χ2n) is 5.59. The average Bonchev–Trinajstić information content (AvgIpc) is 3.03. The zero-order valence-corrected chi connectivity index (χ0v) is 11.6. The van der Waals surface area contributed by atoms with Crippen LogP contribution in [0.5, 0.6) is 0 Å². The van der Waals surface area contributed by atoms with E-state index < -0.39 is 0 Å². The first-order valence-electron chi connectivity index (χ1n) is 7.36. The summed E-state index contributed by atoms with van der Waals surface area (Å²) in [6.45, 7) is 0. The van der Waals surface area contributed by atoms with Crippen LogP contribution in [0.4, 0.5) is 0 Å². The number of rotatable bonds is 3. The molecule has 1 aliphatic rings. The van der Waals surface area contributed by atoms with Gasteiger partial charge in [0.25, 0.3) is 0 Å². The monoisotopic (exact) mass is 265 g/mol. The van der Waals surface area contributed by atoms with Gasteiger partial charge in [0.2, 0.25) is 0 Å². The molecule has 1 fully saturated rings. The first-order valence-corrected chi connectivity index (χ1v) is 7.36. The van der Waals surface area contributed by atoms with Crippen molar-refractivity contribution in [2.45, 2.75) is 38.1 Å². The summed E-state index contributed by atoms with van der Waals surface area (Å²) in [7, 11) is 0. The summed E-state index contributed by atoms with van der Waals surface area (Å²) in [6.07, 6.45) is 12.4. The van der Waals surface area contributed by atoms with E-state index in [-0.39, 0.29) is 0 Å². The number of nitriles is 1. The molecule has 0 N–H and O–H groups in total. The van der Waals surface area contributed by atoms with E-state index >= 15 is 0 Å². The van der Waals surface area contributed by atoms with Crippen LogP contribution in [-0.2, 0) is 0 Å². The highest BCUT2D eigenvalue weighted by Crippen LogP contribution is 2.37. The van der Waals surface area contributed by atoms with E-state index in [1.165, 1.54) is 37.7 Å². The number of hydrogen-bond acceptors (Lipinski definition) is 2. The lowest BCUT2D eigenvalue weighted by atomic mass is 9.81. The minimum atomic E-state index is 0.352. The summed E-state index contributed by atoms with van der Waals surface area (Å²) >= 11 is 0. The smallest absolute Gasteiger partial charge is 0.0991 e. The fraction of sp³-hybridized carbons (Fsp3) is 0.412. The molecule has 0 spiro atoms. The standard InChI is InChI=1S/C17H19N3/c18-12-14-6-8-16(9-7-14)17(20-11-10-19-13-20)15-4-2-1-3-5-15/h6-11,13,15,17H,1-5H2. The van der Waals surface area contributed by atoms with E-state index in [0.29, 0.717) is 12.0 Å². The Kier molecular flexibility index (Phi) is 3.83. The summed E-state index contributed by atoms with van der Waals surface area (Å²) < 4.78 is 2.22. The van der Waals surface area contributed by atoms with E-state index in [0.717, 1.165) is 5.56 Å². The summed E-state index contributed by atoms with van der Waals surface area (Å²) in [4.78, 5) is 4.21. The number of hydrogen-bond donors (Lipinski definition) is 0. The molecule has 102 valence electrons. The van der Waals surface area contributed by atoms with Crippen LogP contribution in [0.3, 0.4) is 0 Å². The summed E-state index contributed by atoms with van der Waals surface area (Å²) in [5.74, 6) is 0.672. The molecule has 1 heterocycles. The molecule has 1 aromatic heterocycles. The second-order valence-corrected chi connectivity index (χ2v) is 5.59. The van der Waals surface area contributed by atoms with Crippen molar-refractivity contribution in [2.75, 3.05) is 0 Å². The first kappa shape index (κ1) is 12.9. The molecule has 1 unspecified atom stereocenters. The SMILES string of the molecule is N#Cc1ccc(C(C2CCCCC2)n2ccnc2)cc1. The van der Waals surface area contributed by atoms with Crippen LogP contribution in [0.25, 0.3) is 0 Å². The largest absolute Gasteiger partial charge is 0.330 e. The van der Waals surface area contributed by atoms with Crippen molar-refractivity contribution in [2.24, 2.45) is 5.92 Å². The molecule has 3 rings (SSSR count). The predicted molar refractivity (Wildman–Crippen MR) is 78.1 cm³/mol. The minimum Gasteiger partial charge on any atom is -0.330 e. The molecule has 3 heteroatoms. The highest BCUT2D eigenvalue weighted by molar-refractivity contribution is 5.33. The van der Waals surface area contributed by atoms with Gasteiger partial charge in [0.1, 0.15) is 0 Å². The van der Waals surface area contributed by atoms with Crippen LogP contribution in [0.1, 0.15) is 49.3 Å². The van der Waals surface area contributed by atoms with Crippen LogP contribution < -0.4 is 0 Å². The molecule has 0 bridgehead atoms. The van der Waals surface area contributed by atoms with Crippen molar-refractivity contribution in [3.05, 3.63) is 54.1 Å². The zero-order valence-electron chi connectivity index (χ0n) is 11.6. The molecule has 0 radical (unpaired) electrons. The van der Waals surface area contributed by atoms with Crippen LogP contribution in [0, 0.1) is 17.2 Å². The molecule has 3 nitrogen and oxygen atoms in total. The van der Waals surface area contributed by atoms with Gasteiger partial charge in [-0.25, -0.2) is 4.98 Å². The molecular weight excluding hydrogens is 246 g/mol. The highest BCUT2D eigenvalue weighted by atomic mass is 15.1. The number of nitrogens with zero attached hydrogens (tertiary/aromatic N) is 3. The maximum Gasteiger partial charge on any atom is 0.0991 e. The molecule has 1 aliphatic carbocycles. The Hall–Kier alpha value is -2.08. The molecule has 20 heavy (non-hydrogen) atoms. The molecule has 0 saturated heterocycles.